The lowest BCUT2D eigenvalue weighted by molar-refractivity contribution is 0.574. The lowest BCUT2D eigenvalue weighted by Gasteiger charge is -2.11. The Morgan fingerprint density at radius 2 is 2.29 bits per heavy atom. The van der Waals surface area contributed by atoms with Gasteiger partial charge < -0.3 is 0 Å². The highest BCUT2D eigenvalue weighted by atomic mass is 35.5. The van der Waals surface area contributed by atoms with Crippen LogP contribution in [0, 0.1) is 11.3 Å². The lowest BCUT2D eigenvalue weighted by Crippen LogP contribution is -2.27. The van der Waals surface area contributed by atoms with Gasteiger partial charge in [0, 0.05) is 24.0 Å². The Morgan fingerprint density at radius 3 is 2.86 bits per heavy atom. The Hall–Kier alpha value is -1.46. The van der Waals surface area contributed by atoms with Crippen LogP contribution >= 0.6 is 22.9 Å². The molecule has 1 N–H and O–H groups in total. The maximum atomic E-state index is 12.2. The van der Waals surface area contributed by atoms with Crippen molar-refractivity contribution in [3.05, 3.63) is 45.4 Å². The molecule has 110 valence electrons. The fourth-order valence-corrected chi connectivity index (χ4v) is 3.78. The predicted octanol–water partition coefficient (Wildman–Crippen LogP) is 2.75. The molecule has 0 saturated heterocycles. The highest BCUT2D eigenvalue weighted by molar-refractivity contribution is 7.89. The lowest BCUT2D eigenvalue weighted by atomic mass is 10.2. The van der Waals surface area contributed by atoms with Crippen LogP contribution in [-0.4, -0.2) is 19.9 Å². The first-order valence-corrected chi connectivity index (χ1v) is 8.77. The van der Waals surface area contributed by atoms with Crippen LogP contribution in [0.1, 0.15) is 23.4 Å². The largest absolute Gasteiger partial charge is 0.249 e. The minimum Gasteiger partial charge on any atom is -0.249 e. The molecule has 0 saturated carbocycles. The first-order valence-electron chi connectivity index (χ1n) is 6.02. The topological polar surface area (TPSA) is 82.9 Å². The van der Waals surface area contributed by atoms with E-state index >= 15 is 0 Å². The van der Waals surface area contributed by atoms with E-state index in [9.17, 15) is 8.42 Å². The molecule has 5 nitrogen and oxygen atoms in total. The Balaban J connectivity index is 2.12. The normalized spacial score (nSPS) is 12.8. The first kappa shape index (κ1) is 15.9. The average molecular weight is 342 g/mol. The number of hydrogen-bond donors (Lipinski definition) is 1. The van der Waals surface area contributed by atoms with Crippen molar-refractivity contribution in [2.24, 2.45) is 0 Å². The molecule has 0 radical (unpaired) electrons. The first-order chi connectivity index (χ1) is 9.94. The molecule has 2 rings (SSSR count). The highest BCUT2D eigenvalue weighted by Gasteiger charge is 2.18. The number of rotatable bonds is 5. The van der Waals surface area contributed by atoms with Crippen LogP contribution in [0.3, 0.4) is 0 Å². The second-order valence-electron chi connectivity index (χ2n) is 4.38. The van der Waals surface area contributed by atoms with Gasteiger partial charge in [-0.1, -0.05) is 18.5 Å². The SMILES string of the molecule is CC(CNS(=O)(=O)c1ccc(C#N)c(Cl)c1)c1nccs1. The summed E-state index contributed by atoms with van der Waals surface area (Å²) < 4.78 is 26.9. The standard InChI is InChI=1S/C13H12ClN3O2S2/c1-9(13-16-4-5-20-13)8-17-21(18,19)11-3-2-10(7-15)12(14)6-11/h2-6,9,17H,8H2,1H3. The van der Waals surface area contributed by atoms with Crippen LogP contribution in [0.5, 0.6) is 0 Å². The molecule has 1 aromatic carbocycles. The summed E-state index contributed by atoms with van der Waals surface area (Å²) in [5, 5.41) is 11.6. The molecule has 21 heavy (non-hydrogen) atoms. The Labute approximate surface area is 132 Å². The molecule has 1 aromatic heterocycles. The van der Waals surface area contributed by atoms with Crippen molar-refractivity contribution in [3.8, 4) is 6.07 Å². The Kier molecular flexibility index (Phi) is 4.96. The third-order valence-electron chi connectivity index (χ3n) is 2.82. The van der Waals surface area contributed by atoms with Crippen LogP contribution in [0.25, 0.3) is 0 Å². The van der Waals surface area contributed by atoms with E-state index in [0.29, 0.717) is 0 Å². The Bertz CT molecular complexity index is 767. The summed E-state index contributed by atoms with van der Waals surface area (Å²) in [6, 6.07) is 5.91. The molecule has 2 aromatic rings. The van der Waals surface area contributed by atoms with E-state index in [-0.39, 0.29) is 27.9 Å². The minimum absolute atomic E-state index is 0.0198. The summed E-state index contributed by atoms with van der Waals surface area (Å²) in [4.78, 5) is 4.19. The number of aromatic nitrogens is 1. The summed E-state index contributed by atoms with van der Waals surface area (Å²) in [5.74, 6) is -0.0198. The van der Waals surface area contributed by atoms with Crippen LogP contribution in [0.15, 0.2) is 34.7 Å². The predicted molar refractivity (Wildman–Crippen MR) is 81.9 cm³/mol. The van der Waals surface area contributed by atoms with E-state index in [4.69, 9.17) is 16.9 Å². The van der Waals surface area contributed by atoms with Crippen molar-refractivity contribution in [1.82, 2.24) is 9.71 Å². The van der Waals surface area contributed by atoms with Crippen LogP contribution in [0.4, 0.5) is 0 Å². The Morgan fingerprint density at radius 1 is 1.52 bits per heavy atom. The van der Waals surface area contributed by atoms with E-state index in [2.05, 4.69) is 9.71 Å². The molecule has 0 spiro atoms. The van der Waals surface area contributed by atoms with Gasteiger partial charge >= 0.3 is 0 Å². The van der Waals surface area contributed by atoms with Crippen molar-refractivity contribution in [2.75, 3.05) is 6.54 Å². The van der Waals surface area contributed by atoms with Crippen LogP contribution < -0.4 is 4.72 Å². The monoisotopic (exact) mass is 341 g/mol. The number of nitrogens with zero attached hydrogens (tertiary/aromatic N) is 2. The van der Waals surface area contributed by atoms with Crippen molar-refractivity contribution >= 4 is 33.0 Å². The second kappa shape index (κ2) is 6.54. The third-order valence-corrected chi connectivity index (χ3v) is 5.56. The number of nitrogens with one attached hydrogen (secondary N) is 1. The maximum absolute atomic E-state index is 12.2. The summed E-state index contributed by atoms with van der Waals surface area (Å²) >= 11 is 7.34. The summed E-state index contributed by atoms with van der Waals surface area (Å²) in [6.07, 6.45) is 1.69. The molecule has 0 bridgehead atoms. The molecular formula is C13H12ClN3O2S2. The summed E-state index contributed by atoms with van der Waals surface area (Å²) in [7, 11) is -3.66. The molecule has 0 fully saturated rings. The number of thiazole rings is 1. The van der Waals surface area contributed by atoms with Gasteiger partial charge in [-0.2, -0.15) is 5.26 Å². The van der Waals surface area contributed by atoms with E-state index in [0.717, 1.165) is 5.01 Å². The van der Waals surface area contributed by atoms with Gasteiger partial charge in [0.2, 0.25) is 10.0 Å². The van der Waals surface area contributed by atoms with E-state index in [1.807, 2.05) is 18.4 Å². The zero-order chi connectivity index (χ0) is 15.5. The van der Waals surface area contributed by atoms with Crippen molar-refractivity contribution in [3.63, 3.8) is 0 Å². The maximum Gasteiger partial charge on any atom is 0.240 e. The van der Waals surface area contributed by atoms with Crippen molar-refractivity contribution in [2.45, 2.75) is 17.7 Å². The zero-order valence-electron chi connectivity index (χ0n) is 11.1. The smallest absolute Gasteiger partial charge is 0.240 e. The van der Waals surface area contributed by atoms with Gasteiger partial charge in [-0.05, 0) is 18.2 Å². The number of hydrogen-bond acceptors (Lipinski definition) is 5. The average Bonchev–Trinajstić information content (AvgIpc) is 2.99. The van der Waals surface area contributed by atoms with E-state index in [1.165, 1.54) is 29.5 Å². The molecule has 1 unspecified atom stereocenters. The molecule has 0 aliphatic carbocycles. The van der Waals surface area contributed by atoms with Gasteiger partial charge in [-0.15, -0.1) is 11.3 Å². The minimum atomic E-state index is -3.66. The molecule has 0 amide bonds. The van der Waals surface area contributed by atoms with E-state index < -0.39 is 10.0 Å². The second-order valence-corrected chi connectivity index (χ2v) is 7.48. The summed E-state index contributed by atoms with van der Waals surface area (Å²) in [6.45, 7) is 2.14. The molecule has 0 aliphatic rings. The van der Waals surface area contributed by atoms with Crippen molar-refractivity contribution in [1.29, 1.82) is 5.26 Å². The fraction of sp³-hybridized carbons (Fsp3) is 0.231. The van der Waals surface area contributed by atoms with Crippen molar-refractivity contribution < 1.29 is 8.42 Å². The zero-order valence-corrected chi connectivity index (χ0v) is 13.5. The highest BCUT2D eigenvalue weighted by Crippen LogP contribution is 2.21. The van der Waals surface area contributed by atoms with Gasteiger partial charge in [0.15, 0.2) is 0 Å². The molecular weight excluding hydrogens is 330 g/mol. The number of nitriles is 1. The van der Waals surface area contributed by atoms with Gasteiger partial charge in [0.1, 0.15) is 6.07 Å². The molecule has 1 atom stereocenters. The molecule has 8 heteroatoms. The third kappa shape index (κ3) is 3.80. The molecule has 1 heterocycles. The van der Waals surface area contributed by atoms with Crippen LogP contribution in [0.2, 0.25) is 5.02 Å². The number of sulfonamides is 1. The number of benzene rings is 1. The van der Waals surface area contributed by atoms with Gasteiger partial charge in [-0.3, -0.25) is 0 Å². The van der Waals surface area contributed by atoms with Gasteiger partial charge in [0.25, 0.3) is 0 Å². The summed E-state index contributed by atoms with van der Waals surface area (Å²) in [5.41, 5.74) is 0.242. The van der Waals surface area contributed by atoms with Gasteiger partial charge in [-0.25, -0.2) is 18.1 Å². The van der Waals surface area contributed by atoms with Gasteiger partial charge in [0.05, 0.1) is 20.5 Å². The van der Waals surface area contributed by atoms with Crippen LogP contribution in [-0.2, 0) is 10.0 Å². The van der Waals surface area contributed by atoms with E-state index in [1.54, 1.807) is 6.20 Å². The fourth-order valence-electron chi connectivity index (χ4n) is 1.64. The quantitative estimate of drug-likeness (QED) is 0.906. The number of halogens is 1. The molecule has 0 aliphatic heterocycles.